The molecule has 0 N–H and O–H groups in total. The van der Waals surface area contributed by atoms with Gasteiger partial charge in [0.05, 0.1) is 11.1 Å². The molecule has 2 aromatic rings. The zero-order valence-electron chi connectivity index (χ0n) is 21.4. The highest BCUT2D eigenvalue weighted by atomic mass is 19.4. The van der Waals surface area contributed by atoms with Crippen molar-refractivity contribution in [3.05, 3.63) is 82.9 Å². The van der Waals surface area contributed by atoms with Crippen LogP contribution in [0.1, 0.15) is 56.1 Å². The molecule has 216 valence electrons. The molecule has 0 radical (unpaired) electrons. The second-order valence-electron chi connectivity index (χ2n) is 9.71. The van der Waals surface area contributed by atoms with E-state index in [1.807, 2.05) is 0 Å². The van der Waals surface area contributed by atoms with E-state index in [1.165, 1.54) is 20.8 Å². The molecule has 7 nitrogen and oxygen atoms in total. The van der Waals surface area contributed by atoms with E-state index in [9.17, 15) is 45.1 Å². The SMILES string of the molecule is C=C(O[C@H](C)c1cc(C(F)(F)F)cc(C(F)(F)F)c1)[C@@]1(c2ccc(F)cc2)C(=O)OC(=O)N1C(=O)OC(C)(C)C. The molecule has 14 heteroatoms. The van der Waals surface area contributed by atoms with Crippen molar-refractivity contribution in [3.63, 3.8) is 0 Å². The van der Waals surface area contributed by atoms with Gasteiger partial charge in [-0.1, -0.05) is 18.7 Å². The Labute approximate surface area is 223 Å². The summed E-state index contributed by atoms with van der Waals surface area (Å²) >= 11 is 0. The molecule has 0 saturated carbocycles. The van der Waals surface area contributed by atoms with E-state index in [0.29, 0.717) is 12.1 Å². The molecule has 1 aliphatic rings. The fourth-order valence-corrected chi connectivity index (χ4v) is 3.86. The normalized spacial score (nSPS) is 18.8. The van der Waals surface area contributed by atoms with Gasteiger partial charge in [-0.25, -0.2) is 18.8 Å². The number of hydrogen-bond donors (Lipinski definition) is 0. The summed E-state index contributed by atoms with van der Waals surface area (Å²) in [5, 5.41) is 0. The number of benzene rings is 2. The zero-order valence-corrected chi connectivity index (χ0v) is 21.4. The van der Waals surface area contributed by atoms with Gasteiger partial charge in [0.2, 0.25) is 5.54 Å². The Hall–Kier alpha value is -4.10. The van der Waals surface area contributed by atoms with E-state index in [4.69, 9.17) is 9.47 Å². The summed E-state index contributed by atoms with van der Waals surface area (Å²) in [6, 6.07) is 4.42. The number of hydrogen-bond acceptors (Lipinski definition) is 6. The van der Waals surface area contributed by atoms with Crippen molar-refractivity contribution in [2.45, 2.75) is 57.3 Å². The lowest BCUT2D eigenvalue weighted by molar-refractivity contribution is -0.143. The van der Waals surface area contributed by atoms with Crippen molar-refractivity contribution >= 4 is 18.2 Å². The van der Waals surface area contributed by atoms with Crippen LogP contribution < -0.4 is 0 Å². The van der Waals surface area contributed by atoms with E-state index in [0.717, 1.165) is 31.2 Å². The van der Waals surface area contributed by atoms with Gasteiger partial charge in [-0.05, 0) is 69.2 Å². The van der Waals surface area contributed by atoms with E-state index in [-0.39, 0.29) is 16.5 Å². The smallest absolute Gasteiger partial charge is 0.428 e. The van der Waals surface area contributed by atoms with Crippen LogP contribution in [0.25, 0.3) is 0 Å². The van der Waals surface area contributed by atoms with Crippen molar-refractivity contribution in [2.75, 3.05) is 0 Å². The minimum absolute atomic E-state index is 0.0811. The number of amides is 2. The maximum atomic E-state index is 13.7. The molecule has 2 amide bonds. The molecule has 2 aromatic carbocycles. The molecule has 1 aliphatic heterocycles. The Morgan fingerprint density at radius 1 is 0.950 bits per heavy atom. The van der Waals surface area contributed by atoms with Gasteiger partial charge < -0.3 is 14.2 Å². The predicted octanol–water partition coefficient (Wildman–Crippen LogP) is 7.26. The molecule has 2 atom stereocenters. The standard InChI is InChI=1S/C26H22F7NO6/c1-13(15-10-17(25(28,29)30)12-18(11-15)26(31,32)33)38-14(2)24(16-6-8-19(27)9-7-16)20(35)39-21(36)34(24)22(37)40-23(3,4)5/h6-13H,2H2,1,3-5H3/t13-,24-/m1/s1. The molecule has 0 aliphatic carbocycles. The lowest BCUT2D eigenvalue weighted by Gasteiger charge is -2.35. The number of esters is 1. The first-order valence-electron chi connectivity index (χ1n) is 11.4. The number of ether oxygens (including phenoxy) is 3. The lowest BCUT2D eigenvalue weighted by atomic mass is 9.87. The molecular formula is C26H22F7NO6. The number of cyclic esters (lactones) is 2. The zero-order chi connectivity index (χ0) is 30.4. The molecule has 0 aromatic heterocycles. The highest BCUT2D eigenvalue weighted by Gasteiger charge is 2.64. The van der Waals surface area contributed by atoms with Crippen molar-refractivity contribution in [3.8, 4) is 0 Å². The van der Waals surface area contributed by atoms with Crippen molar-refractivity contribution < 1.29 is 59.3 Å². The first-order valence-corrected chi connectivity index (χ1v) is 11.4. The highest BCUT2D eigenvalue weighted by Crippen LogP contribution is 2.45. The summed E-state index contributed by atoms with van der Waals surface area (Å²) in [4.78, 5) is 39.1. The second kappa shape index (κ2) is 10.1. The predicted molar refractivity (Wildman–Crippen MR) is 123 cm³/mol. The van der Waals surface area contributed by atoms with E-state index < -0.39 is 76.0 Å². The van der Waals surface area contributed by atoms with Gasteiger partial charge in [0.25, 0.3) is 0 Å². The molecular weight excluding hydrogens is 555 g/mol. The van der Waals surface area contributed by atoms with Crippen LogP contribution in [0.3, 0.4) is 0 Å². The minimum atomic E-state index is -5.16. The largest absolute Gasteiger partial charge is 0.487 e. The van der Waals surface area contributed by atoms with Gasteiger partial charge in [0.1, 0.15) is 23.3 Å². The molecule has 3 rings (SSSR count). The van der Waals surface area contributed by atoms with E-state index >= 15 is 0 Å². The van der Waals surface area contributed by atoms with Gasteiger partial charge in [-0.3, -0.25) is 0 Å². The monoisotopic (exact) mass is 577 g/mol. The van der Waals surface area contributed by atoms with Crippen LogP contribution >= 0.6 is 0 Å². The van der Waals surface area contributed by atoms with Crippen LogP contribution in [0.2, 0.25) is 0 Å². The van der Waals surface area contributed by atoms with Crippen LogP contribution in [-0.4, -0.2) is 28.7 Å². The fourth-order valence-electron chi connectivity index (χ4n) is 3.86. The quantitative estimate of drug-likeness (QED) is 0.161. The van der Waals surface area contributed by atoms with Crippen molar-refractivity contribution in [2.24, 2.45) is 0 Å². The van der Waals surface area contributed by atoms with Crippen LogP contribution in [0.4, 0.5) is 40.3 Å². The number of imide groups is 1. The molecule has 40 heavy (non-hydrogen) atoms. The topological polar surface area (TPSA) is 82.1 Å². The third-order valence-corrected chi connectivity index (χ3v) is 5.63. The second-order valence-corrected chi connectivity index (χ2v) is 9.71. The number of carbonyl (C=O) groups excluding carboxylic acids is 3. The summed E-state index contributed by atoms with van der Waals surface area (Å²) in [5.74, 6) is -3.06. The first-order chi connectivity index (χ1) is 18.2. The average molecular weight is 577 g/mol. The Morgan fingerprint density at radius 3 is 1.90 bits per heavy atom. The Bertz CT molecular complexity index is 1310. The van der Waals surface area contributed by atoms with Gasteiger partial charge in [0, 0.05) is 0 Å². The molecule has 1 fully saturated rings. The Morgan fingerprint density at radius 2 is 1.45 bits per heavy atom. The van der Waals surface area contributed by atoms with Crippen LogP contribution in [0, 0.1) is 5.82 Å². The third kappa shape index (κ3) is 5.89. The van der Waals surface area contributed by atoms with E-state index in [1.54, 1.807) is 0 Å². The first kappa shape index (κ1) is 30.4. The van der Waals surface area contributed by atoms with E-state index in [2.05, 4.69) is 11.3 Å². The number of carbonyl (C=O) groups is 3. The summed E-state index contributed by atoms with van der Waals surface area (Å²) in [5.41, 5.74) is -8.07. The Kier molecular flexibility index (Phi) is 7.71. The summed E-state index contributed by atoms with van der Waals surface area (Å²) in [6.45, 7) is 8.93. The number of rotatable bonds is 5. The van der Waals surface area contributed by atoms with Gasteiger partial charge in [-0.15, -0.1) is 0 Å². The maximum absolute atomic E-state index is 13.7. The number of nitrogens with zero attached hydrogens (tertiary/aromatic N) is 1. The molecule has 0 spiro atoms. The van der Waals surface area contributed by atoms with Crippen LogP contribution in [0.15, 0.2) is 54.8 Å². The Balaban J connectivity index is 2.16. The van der Waals surface area contributed by atoms with Crippen molar-refractivity contribution in [1.29, 1.82) is 0 Å². The van der Waals surface area contributed by atoms with Gasteiger partial charge in [0.15, 0.2) is 0 Å². The fraction of sp³-hybridized carbons (Fsp3) is 0.346. The van der Waals surface area contributed by atoms with Crippen molar-refractivity contribution in [1.82, 2.24) is 4.90 Å². The minimum Gasteiger partial charge on any atom is -0.487 e. The lowest BCUT2D eigenvalue weighted by Crippen LogP contribution is -2.53. The third-order valence-electron chi connectivity index (χ3n) is 5.63. The van der Waals surface area contributed by atoms with Crippen LogP contribution in [0.5, 0.6) is 0 Å². The highest BCUT2D eigenvalue weighted by molar-refractivity contribution is 6.08. The maximum Gasteiger partial charge on any atom is 0.428 e. The summed E-state index contributed by atoms with van der Waals surface area (Å²) < 4.78 is 109. The molecule has 0 unspecified atom stereocenters. The molecule has 1 saturated heterocycles. The van der Waals surface area contributed by atoms with Gasteiger partial charge in [-0.2, -0.15) is 31.2 Å². The molecule has 1 heterocycles. The summed E-state index contributed by atoms with van der Waals surface area (Å²) in [7, 11) is 0. The number of alkyl halides is 6. The average Bonchev–Trinajstić information content (AvgIpc) is 3.07. The summed E-state index contributed by atoms with van der Waals surface area (Å²) in [6.07, 6.45) is -14.9. The van der Waals surface area contributed by atoms with Crippen LogP contribution in [-0.2, 0) is 36.9 Å². The number of halogens is 7. The molecule has 0 bridgehead atoms. The van der Waals surface area contributed by atoms with Gasteiger partial charge >= 0.3 is 30.5 Å².